The number of aryl methyl sites for hydroxylation is 2. The molecule has 0 fully saturated rings. The Hall–Kier alpha value is -3.47. The lowest BCUT2D eigenvalue weighted by molar-refractivity contribution is 0.0601. The van der Waals surface area contributed by atoms with Gasteiger partial charge in [0.05, 0.1) is 23.7 Å². The second-order valence-corrected chi connectivity index (χ2v) is 6.49. The molecule has 0 saturated carbocycles. The zero-order valence-electron chi connectivity index (χ0n) is 15.4. The average molecular weight is 357 g/mol. The summed E-state index contributed by atoms with van der Waals surface area (Å²) in [7, 11) is 1.38. The van der Waals surface area contributed by atoms with E-state index in [4.69, 9.17) is 14.7 Å². The molecule has 2 aromatic carbocycles. The zero-order chi connectivity index (χ0) is 19.0. The molecule has 4 rings (SSSR count). The number of carbonyl (C=O) groups is 1. The number of nitrogens with one attached hydrogen (secondary N) is 1. The van der Waals surface area contributed by atoms with Gasteiger partial charge in [-0.1, -0.05) is 6.07 Å². The Morgan fingerprint density at radius 2 is 1.56 bits per heavy atom. The van der Waals surface area contributed by atoms with Gasteiger partial charge in [-0.05, 0) is 62.4 Å². The van der Waals surface area contributed by atoms with Crippen molar-refractivity contribution < 1.29 is 9.53 Å². The van der Waals surface area contributed by atoms with Crippen LogP contribution in [0.15, 0.2) is 54.6 Å². The van der Waals surface area contributed by atoms with E-state index in [-0.39, 0.29) is 5.97 Å². The van der Waals surface area contributed by atoms with Gasteiger partial charge >= 0.3 is 5.97 Å². The van der Waals surface area contributed by atoms with Gasteiger partial charge in [0.2, 0.25) is 0 Å². The fraction of sp³-hybridized carbons (Fsp3) is 0.136. The number of hydrogen-bond acceptors (Lipinski definition) is 5. The molecule has 0 atom stereocenters. The largest absolute Gasteiger partial charge is 0.465 e. The van der Waals surface area contributed by atoms with Crippen LogP contribution in [0.3, 0.4) is 0 Å². The summed E-state index contributed by atoms with van der Waals surface area (Å²) in [5.41, 5.74) is 6.04. The van der Waals surface area contributed by atoms with Crippen molar-refractivity contribution in [1.82, 2.24) is 9.97 Å². The SMILES string of the molecule is COC(=O)c1ccc(Nc2cc3ccc(C)nc3c3nc(C)ccc23)cc1. The van der Waals surface area contributed by atoms with Crippen molar-refractivity contribution in [3.63, 3.8) is 0 Å². The molecule has 0 aliphatic rings. The average Bonchev–Trinajstić information content (AvgIpc) is 2.68. The number of hydrogen-bond donors (Lipinski definition) is 1. The van der Waals surface area contributed by atoms with Crippen LogP contribution in [0, 0.1) is 13.8 Å². The van der Waals surface area contributed by atoms with Crippen LogP contribution < -0.4 is 5.32 Å². The number of pyridine rings is 2. The first kappa shape index (κ1) is 17.0. The van der Waals surface area contributed by atoms with E-state index in [0.717, 1.165) is 44.6 Å². The molecule has 0 radical (unpaired) electrons. The van der Waals surface area contributed by atoms with E-state index in [1.807, 2.05) is 38.1 Å². The van der Waals surface area contributed by atoms with Gasteiger partial charge in [0.1, 0.15) is 0 Å². The highest BCUT2D eigenvalue weighted by molar-refractivity contribution is 6.09. The smallest absolute Gasteiger partial charge is 0.337 e. The number of ether oxygens (including phenoxy) is 1. The highest BCUT2D eigenvalue weighted by Gasteiger charge is 2.11. The number of fused-ring (bicyclic) bond motifs is 3. The first-order valence-corrected chi connectivity index (χ1v) is 8.68. The molecule has 2 aromatic heterocycles. The molecule has 0 unspecified atom stereocenters. The minimum absolute atomic E-state index is 0.348. The third-order valence-electron chi connectivity index (χ3n) is 4.50. The van der Waals surface area contributed by atoms with Crippen LogP contribution in [0.5, 0.6) is 0 Å². The Morgan fingerprint density at radius 3 is 2.26 bits per heavy atom. The van der Waals surface area contributed by atoms with Crippen molar-refractivity contribution in [2.45, 2.75) is 13.8 Å². The maximum Gasteiger partial charge on any atom is 0.337 e. The van der Waals surface area contributed by atoms with E-state index in [2.05, 4.69) is 23.5 Å². The van der Waals surface area contributed by atoms with E-state index in [1.54, 1.807) is 12.1 Å². The summed E-state index contributed by atoms with van der Waals surface area (Å²) in [4.78, 5) is 21.0. The number of carbonyl (C=O) groups excluding carboxylic acids is 1. The first-order valence-electron chi connectivity index (χ1n) is 8.68. The molecule has 0 aliphatic carbocycles. The molecule has 4 aromatic rings. The Balaban J connectivity index is 1.83. The van der Waals surface area contributed by atoms with Crippen molar-refractivity contribution in [3.05, 3.63) is 71.5 Å². The summed E-state index contributed by atoms with van der Waals surface area (Å²) >= 11 is 0. The molecule has 0 saturated heterocycles. The summed E-state index contributed by atoms with van der Waals surface area (Å²) in [5.74, 6) is -0.348. The number of esters is 1. The lowest BCUT2D eigenvalue weighted by Gasteiger charge is -2.13. The van der Waals surface area contributed by atoms with Crippen LogP contribution in [-0.4, -0.2) is 23.0 Å². The minimum atomic E-state index is -0.348. The second kappa shape index (κ2) is 6.68. The lowest BCUT2D eigenvalue weighted by atomic mass is 10.1. The van der Waals surface area contributed by atoms with Gasteiger partial charge in [-0.3, -0.25) is 9.97 Å². The predicted molar refractivity (Wildman–Crippen MR) is 108 cm³/mol. The van der Waals surface area contributed by atoms with Gasteiger partial charge in [0.15, 0.2) is 0 Å². The molecular weight excluding hydrogens is 338 g/mol. The minimum Gasteiger partial charge on any atom is -0.465 e. The number of methoxy groups -OCH3 is 1. The van der Waals surface area contributed by atoms with Crippen molar-refractivity contribution in [3.8, 4) is 0 Å². The van der Waals surface area contributed by atoms with E-state index in [9.17, 15) is 4.79 Å². The van der Waals surface area contributed by atoms with Crippen molar-refractivity contribution in [2.24, 2.45) is 0 Å². The maximum atomic E-state index is 11.6. The Morgan fingerprint density at radius 1 is 0.889 bits per heavy atom. The lowest BCUT2D eigenvalue weighted by Crippen LogP contribution is -2.01. The Kier molecular flexibility index (Phi) is 4.20. The van der Waals surface area contributed by atoms with E-state index in [1.165, 1.54) is 7.11 Å². The van der Waals surface area contributed by atoms with Gasteiger partial charge in [0, 0.05) is 33.5 Å². The van der Waals surface area contributed by atoms with Gasteiger partial charge < -0.3 is 10.1 Å². The third-order valence-corrected chi connectivity index (χ3v) is 4.50. The van der Waals surface area contributed by atoms with Crippen LogP contribution in [0.1, 0.15) is 21.7 Å². The number of nitrogens with zero attached hydrogens (tertiary/aromatic N) is 2. The third kappa shape index (κ3) is 3.19. The maximum absolute atomic E-state index is 11.6. The van der Waals surface area contributed by atoms with Gasteiger partial charge in [-0.2, -0.15) is 0 Å². The summed E-state index contributed by atoms with van der Waals surface area (Å²) in [6.07, 6.45) is 0. The van der Waals surface area contributed by atoms with Crippen LogP contribution in [0.4, 0.5) is 11.4 Å². The van der Waals surface area contributed by atoms with Crippen LogP contribution >= 0.6 is 0 Å². The van der Waals surface area contributed by atoms with E-state index in [0.29, 0.717) is 5.56 Å². The second-order valence-electron chi connectivity index (χ2n) is 6.49. The zero-order valence-corrected chi connectivity index (χ0v) is 15.4. The topological polar surface area (TPSA) is 64.1 Å². The van der Waals surface area contributed by atoms with E-state index < -0.39 is 0 Å². The Bertz CT molecular complexity index is 1170. The molecule has 27 heavy (non-hydrogen) atoms. The van der Waals surface area contributed by atoms with Crippen LogP contribution in [0.25, 0.3) is 21.8 Å². The van der Waals surface area contributed by atoms with Crippen LogP contribution in [0.2, 0.25) is 0 Å². The molecule has 134 valence electrons. The Labute approximate surface area is 157 Å². The highest BCUT2D eigenvalue weighted by Crippen LogP contribution is 2.32. The number of rotatable bonds is 3. The standard InChI is InChI=1S/C22H19N3O2/c1-13-4-6-16-12-19(18-11-5-14(2)24-21(18)20(16)23-13)25-17-9-7-15(8-10-17)22(26)27-3/h4-12,25H,1-3H3. The van der Waals surface area contributed by atoms with Gasteiger partial charge in [-0.15, -0.1) is 0 Å². The van der Waals surface area contributed by atoms with Gasteiger partial charge in [-0.25, -0.2) is 4.79 Å². The number of anilines is 2. The number of aromatic nitrogens is 2. The summed E-state index contributed by atoms with van der Waals surface area (Å²) in [5, 5.41) is 5.47. The molecule has 0 aliphatic heterocycles. The van der Waals surface area contributed by atoms with Crippen molar-refractivity contribution in [2.75, 3.05) is 12.4 Å². The quantitative estimate of drug-likeness (QED) is 0.416. The monoisotopic (exact) mass is 357 g/mol. The fourth-order valence-electron chi connectivity index (χ4n) is 3.13. The van der Waals surface area contributed by atoms with Crippen molar-refractivity contribution >= 4 is 39.1 Å². The molecule has 2 heterocycles. The molecular formula is C22H19N3O2. The molecule has 1 N–H and O–H groups in total. The summed E-state index contributed by atoms with van der Waals surface area (Å²) in [6, 6.07) is 17.4. The molecule has 5 heteroatoms. The predicted octanol–water partition coefficient (Wildman–Crippen LogP) is 4.93. The molecule has 0 amide bonds. The van der Waals surface area contributed by atoms with E-state index >= 15 is 0 Å². The summed E-state index contributed by atoms with van der Waals surface area (Å²) in [6.45, 7) is 3.96. The number of benzene rings is 2. The highest BCUT2D eigenvalue weighted by atomic mass is 16.5. The van der Waals surface area contributed by atoms with Crippen molar-refractivity contribution in [1.29, 1.82) is 0 Å². The molecule has 5 nitrogen and oxygen atoms in total. The fourth-order valence-corrected chi connectivity index (χ4v) is 3.13. The van der Waals surface area contributed by atoms with Gasteiger partial charge in [0.25, 0.3) is 0 Å². The normalized spacial score (nSPS) is 10.9. The molecule has 0 bridgehead atoms. The summed E-state index contributed by atoms with van der Waals surface area (Å²) < 4.78 is 4.75. The molecule has 0 spiro atoms. The van der Waals surface area contributed by atoms with Crippen LogP contribution in [-0.2, 0) is 4.74 Å². The first-order chi connectivity index (χ1) is 13.0.